The molecule has 1 aromatic heterocycles. The molecule has 0 fully saturated rings. The van der Waals surface area contributed by atoms with Gasteiger partial charge in [-0.3, -0.25) is 4.79 Å². The van der Waals surface area contributed by atoms with Crippen LogP contribution in [0.15, 0.2) is 35.1 Å². The maximum Gasteiger partial charge on any atom is 0.252 e. The van der Waals surface area contributed by atoms with E-state index in [0.717, 1.165) is 25.2 Å². The number of fused-ring (bicyclic) bond motifs is 1. The van der Waals surface area contributed by atoms with E-state index in [2.05, 4.69) is 39.6 Å². The summed E-state index contributed by atoms with van der Waals surface area (Å²) < 4.78 is 0. The van der Waals surface area contributed by atoms with E-state index >= 15 is 0 Å². The second-order valence-electron chi connectivity index (χ2n) is 4.91. The Balaban J connectivity index is 1.68. The predicted molar refractivity (Wildman–Crippen MR) is 75.6 cm³/mol. The van der Waals surface area contributed by atoms with Gasteiger partial charge in [0.05, 0.1) is 0 Å². The predicted octanol–water partition coefficient (Wildman–Crippen LogP) is 2.08. The number of nitrogens with zero attached hydrogens (tertiary/aromatic N) is 1. The van der Waals surface area contributed by atoms with Gasteiger partial charge in [-0.15, -0.1) is 0 Å². The van der Waals surface area contributed by atoms with Crippen LogP contribution in [-0.4, -0.2) is 16.5 Å². The molecule has 0 amide bonds. The zero-order chi connectivity index (χ0) is 13.2. The van der Waals surface area contributed by atoms with Crippen molar-refractivity contribution < 1.29 is 0 Å². The SMILES string of the molecule is CCc1nc(NCC2Cc3ccccc32)cc(=O)[nH]1. The van der Waals surface area contributed by atoms with Crippen molar-refractivity contribution in [2.75, 3.05) is 11.9 Å². The minimum absolute atomic E-state index is 0.0941. The standard InChI is InChI=1S/C15H17N3O/c1-2-13-17-14(8-15(19)18-13)16-9-11-7-10-5-3-4-6-12(10)11/h3-6,8,11H,2,7,9H2,1H3,(H2,16,17,18,19). The van der Waals surface area contributed by atoms with Crippen molar-refractivity contribution in [2.24, 2.45) is 0 Å². The monoisotopic (exact) mass is 255 g/mol. The molecule has 0 bridgehead atoms. The number of aromatic amines is 1. The summed E-state index contributed by atoms with van der Waals surface area (Å²) in [5, 5.41) is 3.27. The molecule has 0 saturated heterocycles. The molecule has 0 radical (unpaired) electrons. The average molecular weight is 255 g/mol. The number of hydrogen-bond acceptors (Lipinski definition) is 3. The lowest BCUT2D eigenvalue weighted by atomic mass is 9.78. The van der Waals surface area contributed by atoms with Crippen LogP contribution < -0.4 is 10.9 Å². The second kappa shape index (κ2) is 4.88. The molecule has 1 aliphatic carbocycles. The molecule has 2 aromatic rings. The van der Waals surface area contributed by atoms with Crippen LogP contribution in [0.3, 0.4) is 0 Å². The van der Waals surface area contributed by atoms with Gasteiger partial charge in [0.2, 0.25) is 0 Å². The first kappa shape index (κ1) is 12.0. The van der Waals surface area contributed by atoms with E-state index in [9.17, 15) is 4.79 Å². The number of aromatic nitrogens is 2. The summed E-state index contributed by atoms with van der Waals surface area (Å²) in [5.74, 6) is 1.93. The molecular formula is C15H17N3O. The van der Waals surface area contributed by atoms with Crippen molar-refractivity contribution in [3.05, 3.63) is 57.6 Å². The summed E-state index contributed by atoms with van der Waals surface area (Å²) in [4.78, 5) is 18.6. The van der Waals surface area contributed by atoms with E-state index in [1.165, 1.54) is 17.2 Å². The topological polar surface area (TPSA) is 57.8 Å². The third-order valence-electron chi connectivity index (χ3n) is 3.62. The summed E-state index contributed by atoms with van der Waals surface area (Å²) >= 11 is 0. The Morgan fingerprint density at radius 1 is 1.42 bits per heavy atom. The molecule has 4 nitrogen and oxygen atoms in total. The summed E-state index contributed by atoms with van der Waals surface area (Å²) in [6.45, 7) is 2.81. The molecule has 1 aromatic carbocycles. The van der Waals surface area contributed by atoms with E-state index < -0.39 is 0 Å². The van der Waals surface area contributed by atoms with Crippen LogP contribution in [0, 0.1) is 0 Å². The van der Waals surface area contributed by atoms with Gasteiger partial charge in [-0.05, 0) is 17.5 Å². The van der Waals surface area contributed by atoms with Crippen LogP contribution in [0.5, 0.6) is 0 Å². The lowest BCUT2D eigenvalue weighted by Crippen LogP contribution is -2.25. The quantitative estimate of drug-likeness (QED) is 0.879. The van der Waals surface area contributed by atoms with E-state index in [-0.39, 0.29) is 5.56 Å². The summed E-state index contributed by atoms with van der Waals surface area (Å²) in [5.41, 5.74) is 2.75. The van der Waals surface area contributed by atoms with E-state index in [1.807, 2.05) is 6.92 Å². The van der Waals surface area contributed by atoms with Crippen molar-refractivity contribution in [3.63, 3.8) is 0 Å². The molecule has 0 saturated carbocycles. The van der Waals surface area contributed by atoms with Gasteiger partial charge in [0.1, 0.15) is 11.6 Å². The van der Waals surface area contributed by atoms with Gasteiger partial charge >= 0.3 is 0 Å². The average Bonchev–Trinajstić information content (AvgIpc) is 2.39. The lowest BCUT2D eigenvalue weighted by molar-refractivity contribution is 0.634. The van der Waals surface area contributed by atoms with Crippen LogP contribution in [0.2, 0.25) is 0 Å². The molecule has 0 spiro atoms. The highest BCUT2D eigenvalue weighted by Gasteiger charge is 2.24. The van der Waals surface area contributed by atoms with Crippen molar-refractivity contribution >= 4 is 5.82 Å². The Hall–Kier alpha value is -2.10. The Morgan fingerprint density at radius 3 is 3.05 bits per heavy atom. The number of nitrogens with one attached hydrogen (secondary N) is 2. The Morgan fingerprint density at radius 2 is 2.26 bits per heavy atom. The summed E-state index contributed by atoms with van der Waals surface area (Å²) in [7, 11) is 0. The zero-order valence-electron chi connectivity index (χ0n) is 10.9. The van der Waals surface area contributed by atoms with E-state index in [1.54, 1.807) is 0 Å². The molecule has 1 heterocycles. The lowest BCUT2D eigenvalue weighted by Gasteiger charge is -2.30. The molecule has 1 unspecified atom stereocenters. The maximum absolute atomic E-state index is 11.5. The van der Waals surface area contributed by atoms with Crippen LogP contribution >= 0.6 is 0 Å². The smallest absolute Gasteiger partial charge is 0.252 e. The molecule has 98 valence electrons. The highest BCUT2D eigenvalue weighted by molar-refractivity contribution is 5.42. The fraction of sp³-hybridized carbons (Fsp3) is 0.333. The van der Waals surface area contributed by atoms with Crippen LogP contribution in [0.1, 0.15) is 29.8 Å². The highest BCUT2D eigenvalue weighted by Crippen LogP contribution is 2.34. The van der Waals surface area contributed by atoms with Crippen molar-refractivity contribution in [1.82, 2.24) is 9.97 Å². The fourth-order valence-corrected chi connectivity index (χ4v) is 2.54. The van der Waals surface area contributed by atoms with Gasteiger partial charge in [-0.2, -0.15) is 0 Å². The Kier molecular flexibility index (Phi) is 3.07. The van der Waals surface area contributed by atoms with Gasteiger partial charge < -0.3 is 10.3 Å². The first-order valence-electron chi connectivity index (χ1n) is 6.68. The molecule has 0 aliphatic heterocycles. The maximum atomic E-state index is 11.5. The number of hydrogen-bond donors (Lipinski definition) is 2. The normalized spacial score (nSPS) is 16.6. The van der Waals surface area contributed by atoms with E-state index in [4.69, 9.17) is 0 Å². The minimum atomic E-state index is -0.0941. The van der Waals surface area contributed by atoms with E-state index in [0.29, 0.717) is 11.7 Å². The zero-order valence-corrected chi connectivity index (χ0v) is 10.9. The molecule has 4 heteroatoms. The number of rotatable bonds is 4. The first-order valence-corrected chi connectivity index (χ1v) is 6.68. The van der Waals surface area contributed by atoms with Crippen molar-refractivity contribution in [2.45, 2.75) is 25.7 Å². The number of anilines is 1. The molecule has 19 heavy (non-hydrogen) atoms. The van der Waals surface area contributed by atoms with Crippen molar-refractivity contribution in [1.29, 1.82) is 0 Å². The third-order valence-corrected chi connectivity index (χ3v) is 3.62. The second-order valence-corrected chi connectivity index (χ2v) is 4.91. The number of benzene rings is 1. The van der Waals surface area contributed by atoms with Crippen LogP contribution in [0.4, 0.5) is 5.82 Å². The summed E-state index contributed by atoms with van der Waals surface area (Å²) in [6.07, 6.45) is 1.84. The number of aryl methyl sites for hydroxylation is 1. The minimum Gasteiger partial charge on any atom is -0.369 e. The van der Waals surface area contributed by atoms with Gasteiger partial charge in [-0.1, -0.05) is 31.2 Å². The Bertz CT molecular complexity index is 648. The van der Waals surface area contributed by atoms with Crippen LogP contribution in [-0.2, 0) is 12.8 Å². The first-order chi connectivity index (χ1) is 9.26. The van der Waals surface area contributed by atoms with Gasteiger partial charge in [-0.25, -0.2) is 4.98 Å². The molecule has 3 rings (SSSR count). The van der Waals surface area contributed by atoms with Gasteiger partial charge in [0.25, 0.3) is 5.56 Å². The van der Waals surface area contributed by atoms with Gasteiger partial charge in [0, 0.05) is 24.9 Å². The molecule has 2 N–H and O–H groups in total. The molecule has 1 atom stereocenters. The van der Waals surface area contributed by atoms with Gasteiger partial charge in [0.15, 0.2) is 0 Å². The third kappa shape index (κ3) is 2.38. The summed E-state index contributed by atoms with van der Waals surface area (Å²) in [6, 6.07) is 10.0. The van der Waals surface area contributed by atoms with Crippen LogP contribution in [0.25, 0.3) is 0 Å². The Labute approximate surface area is 111 Å². The largest absolute Gasteiger partial charge is 0.369 e. The van der Waals surface area contributed by atoms with Crippen molar-refractivity contribution in [3.8, 4) is 0 Å². The number of H-pyrrole nitrogens is 1. The molecule has 1 aliphatic rings. The fourth-order valence-electron chi connectivity index (χ4n) is 2.54. The molecular weight excluding hydrogens is 238 g/mol. The highest BCUT2D eigenvalue weighted by atomic mass is 16.1.